The lowest BCUT2D eigenvalue weighted by Gasteiger charge is -2.34. The van der Waals surface area contributed by atoms with Gasteiger partial charge >= 0.3 is 0 Å². The fourth-order valence-electron chi connectivity index (χ4n) is 3.83. The zero-order valence-corrected chi connectivity index (χ0v) is 16.0. The summed E-state index contributed by atoms with van der Waals surface area (Å²) >= 11 is 0. The Bertz CT molecular complexity index is 780. The second-order valence-corrected chi connectivity index (χ2v) is 7.44. The van der Waals surface area contributed by atoms with E-state index >= 15 is 0 Å². The summed E-state index contributed by atoms with van der Waals surface area (Å²) in [7, 11) is 0. The van der Waals surface area contributed by atoms with Crippen molar-refractivity contribution in [2.45, 2.75) is 26.3 Å². The van der Waals surface area contributed by atoms with Crippen LogP contribution in [0.5, 0.6) is 0 Å². The lowest BCUT2D eigenvalue weighted by atomic mass is 10.2. The molecule has 1 aromatic carbocycles. The number of carbonyl (C=O) groups excluding carboxylic acids is 1. The average Bonchev–Trinajstić information content (AvgIpc) is 3.23. The van der Waals surface area contributed by atoms with Gasteiger partial charge in [0, 0.05) is 51.5 Å². The number of hydrogen-bond donors (Lipinski definition) is 0. The number of carbonyl (C=O) groups is 1. The molecule has 2 aromatic rings. The first-order chi connectivity index (χ1) is 13.2. The van der Waals surface area contributed by atoms with E-state index in [1.807, 2.05) is 24.0 Å². The molecule has 2 aliphatic heterocycles. The average molecular weight is 365 g/mol. The van der Waals surface area contributed by atoms with E-state index in [1.165, 1.54) is 18.4 Å². The van der Waals surface area contributed by atoms with Crippen molar-refractivity contribution in [1.29, 1.82) is 0 Å². The second-order valence-electron chi connectivity index (χ2n) is 7.44. The molecule has 0 atom stereocenters. The molecule has 2 fully saturated rings. The first-order valence-corrected chi connectivity index (χ1v) is 9.85. The van der Waals surface area contributed by atoms with E-state index in [0.717, 1.165) is 51.5 Å². The van der Waals surface area contributed by atoms with Crippen LogP contribution in [-0.4, -0.2) is 64.9 Å². The number of nitrogens with zero attached hydrogens (tertiary/aromatic N) is 5. The van der Waals surface area contributed by atoms with Crippen LogP contribution in [0.15, 0.2) is 36.4 Å². The lowest BCUT2D eigenvalue weighted by molar-refractivity contribution is 0.0622. The third-order valence-corrected chi connectivity index (χ3v) is 5.36. The molecule has 0 N–H and O–H groups in total. The lowest BCUT2D eigenvalue weighted by Crippen LogP contribution is -2.48. The quantitative estimate of drug-likeness (QED) is 0.832. The predicted octanol–water partition coefficient (Wildman–Crippen LogP) is 2.34. The molecule has 0 unspecified atom stereocenters. The molecule has 2 saturated heterocycles. The van der Waals surface area contributed by atoms with Crippen LogP contribution in [0.2, 0.25) is 0 Å². The zero-order chi connectivity index (χ0) is 18.6. The normalized spacial score (nSPS) is 18.1. The molecular weight excluding hydrogens is 338 g/mol. The molecule has 2 aliphatic rings. The van der Waals surface area contributed by atoms with Crippen molar-refractivity contribution in [3.05, 3.63) is 53.3 Å². The number of amides is 1. The van der Waals surface area contributed by atoms with Crippen molar-refractivity contribution in [2.75, 3.05) is 44.2 Å². The standard InChI is InChI=1S/C21H27N5O/c1-17-15-19(23-21(22-17)26-9-5-6-10-26)20(27)25-13-11-24(12-14-25)16-18-7-3-2-4-8-18/h2-4,7-8,15H,5-6,9-14,16H2,1H3. The first kappa shape index (κ1) is 17.9. The van der Waals surface area contributed by atoms with E-state index in [4.69, 9.17) is 0 Å². The summed E-state index contributed by atoms with van der Waals surface area (Å²) < 4.78 is 0. The topological polar surface area (TPSA) is 52.6 Å². The fourth-order valence-corrected chi connectivity index (χ4v) is 3.83. The SMILES string of the molecule is Cc1cc(C(=O)N2CCN(Cc3ccccc3)CC2)nc(N2CCCC2)n1. The van der Waals surface area contributed by atoms with Crippen molar-refractivity contribution in [3.8, 4) is 0 Å². The molecule has 6 nitrogen and oxygen atoms in total. The summed E-state index contributed by atoms with van der Waals surface area (Å²) in [6.07, 6.45) is 2.34. The van der Waals surface area contributed by atoms with Crippen LogP contribution in [0.3, 0.4) is 0 Å². The van der Waals surface area contributed by atoms with Crippen LogP contribution in [-0.2, 0) is 6.54 Å². The van der Waals surface area contributed by atoms with Crippen molar-refractivity contribution in [3.63, 3.8) is 0 Å². The Kier molecular flexibility index (Phi) is 5.34. The first-order valence-electron chi connectivity index (χ1n) is 9.85. The number of anilines is 1. The van der Waals surface area contributed by atoms with Crippen LogP contribution in [0.25, 0.3) is 0 Å². The Balaban J connectivity index is 1.39. The Morgan fingerprint density at radius 3 is 2.37 bits per heavy atom. The highest BCUT2D eigenvalue weighted by molar-refractivity contribution is 5.92. The highest BCUT2D eigenvalue weighted by Gasteiger charge is 2.25. The van der Waals surface area contributed by atoms with Gasteiger partial charge in [0.1, 0.15) is 5.69 Å². The van der Waals surface area contributed by atoms with Crippen LogP contribution < -0.4 is 4.90 Å². The van der Waals surface area contributed by atoms with Gasteiger partial charge in [0.2, 0.25) is 5.95 Å². The van der Waals surface area contributed by atoms with Gasteiger partial charge in [-0.3, -0.25) is 9.69 Å². The minimum atomic E-state index is 0.0281. The number of hydrogen-bond acceptors (Lipinski definition) is 5. The molecule has 0 saturated carbocycles. The molecule has 27 heavy (non-hydrogen) atoms. The summed E-state index contributed by atoms with van der Waals surface area (Å²) in [4.78, 5) is 28.6. The molecule has 0 spiro atoms. The van der Waals surface area contributed by atoms with Gasteiger partial charge in [-0.15, -0.1) is 0 Å². The molecule has 4 rings (SSSR count). The maximum absolute atomic E-state index is 13.0. The number of benzene rings is 1. The molecule has 0 aliphatic carbocycles. The molecule has 1 amide bonds. The molecule has 1 aromatic heterocycles. The molecule has 142 valence electrons. The smallest absolute Gasteiger partial charge is 0.272 e. The third kappa shape index (κ3) is 4.27. The summed E-state index contributed by atoms with van der Waals surface area (Å²) in [6, 6.07) is 12.3. The van der Waals surface area contributed by atoms with E-state index in [1.54, 1.807) is 0 Å². The van der Waals surface area contributed by atoms with Gasteiger partial charge in [0.25, 0.3) is 5.91 Å². The number of aromatic nitrogens is 2. The van der Waals surface area contributed by atoms with Crippen LogP contribution >= 0.6 is 0 Å². The molecule has 0 radical (unpaired) electrons. The minimum absolute atomic E-state index is 0.0281. The predicted molar refractivity (Wildman–Crippen MR) is 106 cm³/mol. The number of aryl methyl sites for hydroxylation is 1. The van der Waals surface area contributed by atoms with Gasteiger partial charge in [-0.2, -0.15) is 0 Å². The monoisotopic (exact) mass is 365 g/mol. The van der Waals surface area contributed by atoms with Gasteiger partial charge in [0.05, 0.1) is 0 Å². The second kappa shape index (κ2) is 8.05. The van der Waals surface area contributed by atoms with Crippen LogP contribution in [0.4, 0.5) is 5.95 Å². The highest BCUT2D eigenvalue weighted by atomic mass is 16.2. The summed E-state index contributed by atoms with van der Waals surface area (Å²) in [5, 5.41) is 0. The van der Waals surface area contributed by atoms with E-state index < -0.39 is 0 Å². The highest BCUT2D eigenvalue weighted by Crippen LogP contribution is 2.18. The van der Waals surface area contributed by atoms with Crippen LogP contribution in [0.1, 0.15) is 34.6 Å². The molecule has 6 heteroatoms. The maximum Gasteiger partial charge on any atom is 0.272 e. The van der Waals surface area contributed by atoms with E-state index in [-0.39, 0.29) is 5.91 Å². The van der Waals surface area contributed by atoms with Crippen LogP contribution in [0, 0.1) is 6.92 Å². The van der Waals surface area contributed by atoms with Crippen molar-refractivity contribution in [2.24, 2.45) is 0 Å². The van der Waals surface area contributed by atoms with Gasteiger partial charge in [0.15, 0.2) is 0 Å². The Labute approximate surface area is 160 Å². The summed E-state index contributed by atoms with van der Waals surface area (Å²) in [5.41, 5.74) is 2.71. The Morgan fingerprint density at radius 2 is 1.67 bits per heavy atom. The fraction of sp³-hybridized carbons (Fsp3) is 0.476. The van der Waals surface area contributed by atoms with E-state index in [0.29, 0.717) is 11.6 Å². The number of piperazine rings is 1. The minimum Gasteiger partial charge on any atom is -0.341 e. The van der Waals surface area contributed by atoms with Gasteiger partial charge in [-0.05, 0) is 31.4 Å². The molecule has 0 bridgehead atoms. The zero-order valence-electron chi connectivity index (χ0n) is 16.0. The largest absolute Gasteiger partial charge is 0.341 e. The number of rotatable bonds is 4. The summed E-state index contributed by atoms with van der Waals surface area (Å²) in [5.74, 6) is 0.735. The molecule has 3 heterocycles. The Morgan fingerprint density at radius 1 is 0.963 bits per heavy atom. The van der Waals surface area contributed by atoms with Crippen molar-refractivity contribution < 1.29 is 4.79 Å². The Hall–Kier alpha value is -2.47. The van der Waals surface area contributed by atoms with Crippen molar-refractivity contribution >= 4 is 11.9 Å². The molecular formula is C21H27N5O. The van der Waals surface area contributed by atoms with Gasteiger partial charge in [-0.25, -0.2) is 9.97 Å². The van der Waals surface area contributed by atoms with E-state index in [2.05, 4.69) is 44.0 Å². The maximum atomic E-state index is 13.0. The third-order valence-electron chi connectivity index (χ3n) is 5.36. The van der Waals surface area contributed by atoms with Gasteiger partial charge in [-0.1, -0.05) is 30.3 Å². The van der Waals surface area contributed by atoms with Gasteiger partial charge < -0.3 is 9.80 Å². The summed E-state index contributed by atoms with van der Waals surface area (Å²) in [6.45, 7) is 8.11. The van der Waals surface area contributed by atoms with Crippen molar-refractivity contribution in [1.82, 2.24) is 19.8 Å². The van der Waals surface area contributed by atoms with E-state index in [9.17, 15) is 4.79 Å².